The molecule has 0 aliphatic heterocycles. The van der Waals surface area contributed by atoms with Gasteiger partial charge in [-0.15, -0.1) is 0 Å². The van der Waals surface area contributed by atoms with Crippen LogP contribution in [0.3, 0.4) is 0 Å². The minimum atomic E-state index is -0.315. The van der Waals surface area contributed by atoms with Crippen molar-refractivity contribution in [3.63, 3.8) is 0 Å². The Labute approximate surface area is 190 Å². The highest BCUT2D eigenvalue weighted by molar-refractivity contribution is 6.42. The van der Waals surface area contributed by atoms with Crippen LogP contribution in [-0.4, -0.2) is 22.6 Å². The number of aromatic nitrogens is 2. The highest BCUT2D eigenvalue weighted by Crippen LogP contribution is 2.26. The van der Waals surface area contributed by atoms with E-state index in [1.165, 1.54) is 0 Å². The molecule has 1 heterocycles. The highest BCUT2D eigenvalue weighted by atomic mass is 35.5. The van der Waals surface area contributed by atoms with Crippen LogP contribution in [0.25, 0.3) is 11.0 Å². The van der Waals surface area contributed by atoms with E-state index in [2.05, 4.69) is 9.88 Å². The second-order valence-electron chi connectivity index (χ2n) is 7.22. The molecule has 4 rings (SSSR count). The minimum Gasteiger partial charge on any atom is -0.497 e. The number of halogens is 2. The standard InChI is InChI=1S/C24H21Cl2N3O2/c1-15(27-24(30)17-8-10-18(31-2)11-9-17)23-28-21-5-3-4-6-22(21)29(23)14-16-7-12-19(25)20(26)13-16/h3-13,15H,14H2,1-2H3,(H,27,30). The van der Waals surface area contributed by atoms with Crippen LogP contribution in [0.2, 0.25) is 10.0 Å². The van der Waals surface area contributed by atoms with Crippen LogP contribution >= 0.6 is 23.2 Å². The number of amides is 1. The van der Waals surface area contributed by atoms with Gasteiger partial charge in [-0.25, -0.2) is 4.98 Å². The molecule has 0 fully saturated rings. The van der Waals surface area contributed by atoms with Gasteiger partial charge < -0.3 is 14.6 Å². The maximum Gasteiger partial charge on any atom is 0.251 e. The molecule has 31 heavy (non-hydrogen) atoms. The Morgan fingerprint density at radius 3 is 2.52 bits per heavy atom. The van der Waals surface area contributed by atoms with E-state index in [4.69, 9.17) is 32.9 Å². The first-order chi connectivity index (χ1) is 15.0. The maximum absolute atomic E-state index is 12.8. The lowest BCUT2D eigenvalue weighted by molar-refractivity contribution is 0.0937. The van der Waals surface area contributed by atoms with E-state index in [1.54, 1.807) is 37.4 Å². The molecule has 1 aromatic heterocycles. The molecule has 0 aliphatic rings. The number of hydrogen-bond acceptors (Lipinski definition) is 3. The number of carbonyl (C=O) groups is 1. The van der Waals surface area contributed by atoms with Gasteiger partial charge in [0.25, 0.3) is 5.91 Å². The minimum absolute atomic E-state index is 0.178. The summed E-state index contributed by atoms with van der Waals surface area (Å²) < 4.78 is 7.25. The zero-order valence-corrected chi connectivity index (χ0v) is 18.6. The average Bonchev–Trinajstić information content (AvgIpc) is 3.15. The highest BCUT2D eigenvalue weighted by Gasteiger charge is 2.19. The average molecular weight is 454 g/mol. The summed E-state index contributed by atoms with van der Waals surface area (Å²) in [5.74, 6) is 1.28. The summed E-state index contributed by atoms with van der Waals surface area (Å²) in [5.41, 5.74) is 3.39. The van der Waals surface area contributed by atoms with Gasteiger partial charge in [-0.05, 0) is 61.0 Å². The van der Waals surface area contributed by atoms with E-state index in [9.17, 15) is 4.79 Å². The van der Waals surface area contributed by atoms with E-state index in [0.717, 1.165) is 22.4 Å². The van der Waals surface area contributed by atoms with Crippen molar-refractivity contribution in [2.75, 3.05) is 7.11 Å². The Hall–Kier alpha value is -3.02. The Kier molecular flexibility index (Phi) is 6.16. The first-order valence-electron chi connectivity index (χ1n) is 9.80. The zero-order valence-electron chi connectivity index (χ0n) is 17.1. The summed E-state index contributed by atoms with van der Waals surface area (Å²) >= 11 is 12.3. The predicted octanol–water partition coefficient (Wildman–Crippen LogP) is 5.89. The molecule has 1 atom stereocenters. The van der Waals surface area contributed by atoms with Gasteiger partial charge in [0.2, 0.25) is 0 Å². The van der Waals surface area contributed by atoms with Crippen LogP contribution in [0.5, 0.6) is 5.75 Å². The van der Waals surface area contributed by atoms with Crippen LogP contribution in [0.15, 0.2) is 66.7 Å². The van der Waals surface area contributed by atoms with Gasteiger partial charge in [0, 0.05) is 12.1 Å². The number of ether oxygens (including phenoxy) is 1. The quantitative estimate of drug-likeness (QED) is 0.395. The number of carbonyl (C=O) groups excluding carboxylic acids is 1. The van der Waals surface area contributed by atoms with Gasteiger partial charge in [0.1, 0.15) is 11.6 Å². The number of imidazole rings is 1. The molecule has 3 aromatic carbocycles. The summed E-state index contributed by atoms with van der Waals surface area (Å²) in [5, 5.41) is 4.07. The number of para-hydroxylation sites is 2. The number of rotatable bonds is 6. The van der Waals surface area contributed by atoms with Crippen molar-refractivity contribution in [1.82, 2.24) is 14.9 Å². The summed E-state index contributed by atoms with van der Waals surface area (Å²) in [7, 11) is 1.59. The Morgan fingerprint density at radius 1 is 1.06 bits per heavy atom. The van der Waals surface area contributed by atoms with Crippen LogP contribution in [-0.2, 0) is 6.54 Å². The first-order valence-corrected chi connectivity index (χ1v) is 10.6. The molecule has 0 aliphatic carbocycles. The summed E-state index contributed by atoms with van der Waals surface area (Å²) in [4.78, 5) is 17.6. The third-order valence-corrected chi connectivity index (χ3v) is 5.83. The van der Waals surface area contributed by atoms with Crippen molar-refractivity contribution in [2.45, 2.75) is 19.5 Å². The van der Waals surface area contributed by atoms with Crippen molar-refractivity contribution in [3.05, 3.63) is 93.7 Å². The largest absolute Gasteiger partial charge is 0.497 e. The molecule has 4 aromatic rings. The number of fused-ring (bicyclic) bond motifs is 1. The third-order valence-electron chi connectivity index (χ3n) is 5.10. The van der Waals surface area contributed by atoms with Crippen LogP contribution in [0.1, 0.15) is 34.7 Å². The van der Waals surface area contributed by atoms with Gasteiger partial charge >= 0.3 is 0 Å². The summed E-state index contributed by atoms with van der Waals surface area (Å²) in [6.07, 6.45) is 0. The van der Waals surface area contributed by atoms with Crippen molar-refractivity contribution >= 4 is 40.1 Å². The molecule has 5 nitrogen and oxygen atoms in total. The second-order valence-corrected chi connectivity index (χ2v) is 8.03. The number of methoxy groups -OCH3 is 1. The molecular formula is C24H21Cl2N3O2. The normalized spacial score (nSPS) is 12.0. The molecule has 1 unspecified atom stereocenters. The number of hydrogen-bond donors (Lipinski definition) is 1. The Balaban J connectivity index is 1.64. The van der Waals surface area contributed by atoms with E-state index in [-0.39, 0.29) is 11.9 Å². The first kappa shape index (κ1) is 21.2. The SMILES string of the molecule is COc1ccc(C(=O)NC(C)c2nc3ccccc3n2Cc2ccc(Cl)c(Cl)c2)cc1. The summed E-state index contributed by atoms with van der Waals surface area (Å²) in [6, 6.07) is 20.2. The number of benzene rings is 3. The Bertz CT molecular complexity index is 1240. The predicted molar refractivity (Wildman–Crippen MR) is 124 cm³/mol. The van der Waals surface area contributed by atoms with E-state index >= 15 is 0 Å². The van der Waals surface area contributed by atoms with E-state index < -0.39 is 0 Å². The lowest BCUT2D eigenvalue weighted by Crippen LogP contribution is -2.28. The fourth-order valence-corrected chi connectivity index (χ4v) is 3.82. The smallest absolute Gasteiger partial charge is 0.251 e. The topological polar surface area (TPSA) is 56.1 Å². The van der Waals surface area contributed by atoms with Crippen molar-refractivity contribution < 1.29 is 9.53 Å². The van der Waals surface area contributed by atoms with Gasteiger partial charge in [-0.2, -0.15) is 0 Å². The fraction of sp³-hybridized carbons (Fsp3) is 0.167. The Morgan fingerprint density at radius 2 is 1.81 bits per heavy atom. The van der Waals surface area contributed by atoms with Crippen molar-refractivity contribution in [1.29, 1.82) is 0 Å². The molecule has 0 saturated heterocycles. The van der Waals surface area contributed by atoms with E-state index in [1.807, 2.05) is 43.3 Å². The number of nitrogens with one attached hydrogen (secondary N) is 1. The molecule has 1 amide bonds. The molecule has 158 valence electrons. The van der Waals surface area contributed by atoms with Crippen molar-refractivity contribution in [3.8, 4) is 5.75 Å². The van der Waals surface area contributed by atoms with Crippen LogP contribution in [0, 0.1) is 0 Å². The van der Waals surface area contributed by atoms with Crippen LogP contribution in [0.4, 0.5) is 0 Å². The lowest BCUT2D eigenvalue weighted by atomic mass is 10.2. The van der Waals surface area contributed by atoms with Gasteiger partial charge in [0.15, 0.2) is 0 Å². The number of nitrogens with zero attached hydrogens (tertiary/aromatic N) is 2. The molecule has 0 bridgehead atoms. The molecule has 7 heteroatoms. The third kappa shape index (κ3) is 4.53. The second kappa shape index (κ2) is 9.00. The fourth-order valence-electron chi connectivity index (χ4n) is 3.50. The van der Waals surface area contributed by atoms with Gasteiger partial charge in [-0.1, -0.05) is 41.4 Å². The monoisotopic (exact) mass is 453 g/mol. The summed E-state index contributed by atoms with van der Waals surface area (Å²) in [6.45, 7) is 2.48. The van der Waals surface area contributed by atoms with Crippen molar-refractivity contribution in [2.24, 2.45) is 0 Å². The molecular weight excluding hydrogens is 433 g/mol. The van der Waals surface area contributed by atoms with Crippen LogP contribution < -0.4 is 10.1 Å². The molecule has 0 radical (unpaired) electrons. The molecule has 0 spiro atoms. The van der Waals surface area contributed by atoms with E-state index in [0.29, 0.717) is 27.9 Å². The van der Waals surface area contributed by atoms with Gasteiger partial charge in [-0.3, -0.25) is 4.79 Å². The van der Waals surface area contributed by atoms with Gasteiger partial charge in [0.05, 0.1) is 34.2 Å². The molecule has 0 saturated carbocycles. The lowest BCUT2D eigenvalue weighted by Gasteiger charge is -2.17. The maximum atomic E-state index is 12.8. The molecule has 1 N–H and O–H groups in total. The zero-order chi connectivity index (χ0) is 22.0.